The van der Waals surface area contributed by atoms with Crippen LogP contribution in [0.2, 0.25) is 0 Å². The first kappa shape index (κ1) is 29.3. The summed E-state index contributed by atoms with van der Waals surface area (Å²) in [6.45, 7) is 12.4. The van der Waals surface area contributed by atoms with Gasteiger partial charge in [-0.05, 0) is 129 Å². The smallest absolute Gasteiger partial charge is 0.122 e. The van der Waals surface area contributed by atoms with Crippen LogP contribution in [0.5, 0.6) is 0 Å². The number of hydrogen-bond donors (Lipinski definition) is 3. The highest BCUT2D eigenvalue weighted by atomic mass is 79.9. The Kier molecular flexibility index (Phi) is 7.75. The first-order valence-electron chi connectivity index (χ1n) is 17.3. The average molecular weight is 627 g/mol. The van der Waals surface area contributed by atoms with Crippen LogP contribution in [-0.2, 0) is 11.2 Å². The van der Waals surface area contributed by atoms with E-state index in [1.165, 1.54) is 74.2 Å². The van der Waals surface area contributed by atoms with Crippen molar-refractivity contribution in [2.24, 2.45) is 58.0 Å². The molecule has 4 N–H and O–H groups in total. The zero-order valence-electron chi connectivity index (χ0n) is 26.1. The van der Waals surface area contributed by atoms with Gasteiger partial charge in [-0.2, -0.15) is 0 Å². The van der Waals surface area contributed by atoms with Crippen LogP contribution in [-0.4, -0.2) is 37.0 Å². The van der Waals surface area contributed by atoms with E-state index in [2.05, 4.69) is 78.5 Å². The summed E-state index contributed by atoms with van der Waals surface area (Å²) in [4.78, 5) is 0. The Morgan fingerprint density at radius 3 is 2.59 bits per heavy atom. The number of piperidine rings is 1. The Labute approximate surface area is 258 Å². The van der Waals surface area contributed by atoms with Crippen LogP contribution in [0.1, 0.15) is 97.5 Å². The van der Waals surface area contributed by atoms with Crippen molar-refractivity contribution in [2.75, 3.05) is 13.1 Å². The number of halogens is 1. The molecule has 4 aliphatic carbocycles. The molecule has 7 rings (SSSR count). The van der Waals surface area contributed by atoms with Crippen LogP contribution in [0.25, 0.3) is 0 Å². The molecule has 1 spiro atoms. The van der Waals surface area contributed by atoms with Crippen LogP contribution in [0.15, 0.2) is 28.7 Å². The van der Waals surface area contributed by atoms with Crippen molar-refractivity contribution in [3.05, 3.63) is 34.3 Å². The van der Waals surface area contributed by atoms with Crippen molar-refractivity contribution >= 4 is 15.9 Å². The molecular formula is C36H56BrN3O. The van der Waals surface area contributed by atoms with Crippen molar-refractivity contribution in [3.63, 3.8) is 0 Å². The standard InChI is InChI=1S/C36H56BrN3O/c1-22-11-16-36(40-20-22)23(2)33-32(41-36)19-30-28-10-9-25-18-27(12-14-34(25,3)29(28)13-15-35(30,33)4)39-21-26(38)17-24-7-5-6-8-31(24)37/h5-8,22-23,25-30,32-33,39-40H,9-21,38H2,1-4H3/t22-,23-,25-,26-,27?,28+,29-,30-,32-,33-,34-,35-,36-/m0/s1. The molecule has 6 fully saturated rings. The maximum Gasteiger partial charge on any atom is 0.122 e. The van der Waals surface area contributed by atoms with Crippen LogP contribution in [0.3, 0.4) is 0 Å². The van der Waals surface area contributed by atoms with Gasteiger partial charge in [0.2, 0.25) is 0 Å². The monoisotopic (exact) mass is 625 g/mol. The lowest BCUT2D eigenvalue weighted by molar-refractivity contribution is -0.134. The summed E-state index contributed by atoms with van der Waals surface area (Å²) in [5.41, 5.74) is 8.86. The SMILES string of the molecule is C[C@H]1CC[C@]2(NC1)O[C@H]1C[C@H]3[C@@H]4CC[C@H]5CC(NC[C@@H](N)Cc6ccccc6Br)CC[C@]5(C)[C@H]4CC[C@]3(C)[C@H]1[C@@H]2C. The van der Waals surface area contributed by atoms with Gasteiger partial charge in [0, 0.05) is 35.6 Å². The zero-order valence-corrected chi connectivity index (χ0v) is 27.7. The molecule has 2 aliphatic heterocycles. The van der Waals surface area contributed by atoms with Crippen molar-refractivity contribution in [1.29, 1.82) is 0 Å². The highest BCUT2D eigenvalue weighted by Crippen LogP contribution is 2.71. The molecule has 1 aromatic rings. The Morgan fingerprint density at radius 2 is 1.80 bits per heavy atom. The van der Waals surface area contributed by atoms with E-state index < -0.39 is 0 Å². The fraction of sp³-hybridized carbons (Fsp3) is 0.833. The molecule has 4 saturated carbocycles. The summed E-state index contributed by atoms with van der Waals surface area (Å²) in [6.07, 6.45) is 15.1. The molecule has 5 heteroatoms. The summed E-state index contributed by atoms with van der Waals surface area (Å²) in [5, 5.41) is 7.86. The average Bonchev–Trinajstić information content (AvgIpc) is 3.40. The Balaban J connectivity index is 0.982. The van der Waals surface area contributed by atoms with Crippen LogP contribution >= 0.6 is 15.9 Å². The maximum absolute atomic E-state index is 7.12. The van der Waals surface area contributed by atoms with Crippen LogP contribution < -0.4 is 16.4 Å². The van der Waals surface area contributed by atoms with Gasteiger partial charge in [0.15, 0.2) is 0 Å². The Morgan fingerprint density at radius 1 is 1.00 bits per heavy atom. The number of nitrogens with one attached hydrogen (secondary N) is 2. The van der Waals surface area contributed by atoms with E-state index in [0.29, 0.717) is 28.9 Å². The number of benzene rings is 1. The summed E-state index contributed by atoms with van der Waals surface area (Å²) in [7, 11) is 0. The first-order valence-corrected chi connectivity index (χ1v) is 18.1. The number of ether oxygens (including phenoxy) is 1. The molecular weight excluding hydrogens is 570 g/mol. The van der Waals surface area contributed by atoms with Gasteiger partial charge in [-0.1, -0.05) is 61.8 Å². The molecule has 0 amide bonds. The van der Waals surface area contributed by atoms with Gasteiger partial charge in [-0.3, -0.25) is 5.32 Å². The van der Waals surface area contributed by atoms with Gasteiger partial charge in [0.25, 0.3) is 0 Å². The third kappa shape index (κ3) is 4.82. The number of fused-ring (bicyclic) bond motifs is 7. The predicted molar refractivity (Wildman–Crippen MR) is 171 cm³/mol. The minimum atomic E-state index is -0.0399. The fourth-order valence-electron chi connectivity index (χ4n) is 12.0. The second-order valence-corrected chi connectivity index (χ2v) is 17.1. The minimum Gasteiger partial charge on any atom is -0.357 e. The lowest BCUT2D eigenvalue weighted by Gasteiger charge is -2.61. The van der Waals surface area contributed by atoms with Gasteiger partial charge in [0.1, 0.15) is 5.72 Å². The van der Waals surface area contributed by atoms with Crippen LogP contribution in [0.4, 0.5) is 0 Å². The van der Waals surface area contributed by atoms with Gasteiger partial charge in [0.05, 0.1) is 6.10 Å². The number of hydrogen-bond acceptors (Lipinski definition) is 4. The zero-order chi connectivity index (χ0) is 28.6. The quantitative estimate of drug-likeness (QED) is 0.321. The lowest BCUT2D eigenvalue weighted by Crippen LogP contribution is -2.58. The first-order chi connectivity index (χ1) is 19.6. The van der Waals surface area contributed by atoms with E-state index in [-0.39, 0.29) is 11.8 Å². The number of nitrogens with two attached hydrogens (primary N) is 1. The number of rotatable bonds is 5. The molecule has 228 valence electrons. The Hall–Kier alpha value is -0.460. The third-order valence-corrected chi connectivity index (χ3v) is 15.0. The Bertz CT molecular complexity index is 1100. The van der Waals surface area contributed by atoms with Gasteiger partial charge < -0.3 is 15.8 Å². The van der Waals surface area contributed by atoms with E-state index in [1.54, 1.807) is 0 Å². The lowest BCUT2D eigenvalue weighted by atomic mass is 9.44. The molecule has 6 aliphatic rings. The van der Waals surface area contributed by atoms with E-state index in [9.17, 15) is 0 Å². The minimum absolute atomic E-state index is 0.0399. The highest BCUT2D eigenvalue weighted by Gasteiger charge is 2.68. The summed E-state index contributed by atoms with van der Waals surface area (Å²) >= 11 is 3.69. The van der Waals surface area contributed by atoms with Crippen LogP contribution in [0, 0.1) is 52.3 Å². The maximum atomic E-state index is 7.12. The van der Waals surface area contributed by atoms with E-state index in [0.717, 1.165) is 55.0 Å². The summed E-state index contributed by atoms with van der Waals surface area (Å²) < 4.78 is 8.29. The second kappa shape index (κ2) is 10.9. The molecule has 2 saturated heterocycles. The van der Waals surface area contributed by atoms with Crippen molar-refractivity contribution in [2.45, 2.75) is 122 Å². The largest absolute Gasteiger partial charge is 0.357 e. The molecule has 4 nitrogen and oxygen atoms in total. The van der Waals surface area contributed by atoms with Crippen molar-refractivity contribution in [1.82, 2.24) is 10.6 Å². The molecule has 13 atom stereocenters. The summed E-state index contributed by atoms with van der Waals surface area (Å²) in [6, 6.07) is 9.30. The van der Waals surface area contributed by atoms with E-state index in [1.807, 2.05) is 0 Å². The van der Waals surface area contributed by atoms with Crippen molar-refractivity contribution in [3.8, 4) is 0 Å². The molecule has 0 aromatic heterocycles. The van der Waals surface area contributed by atoms with Gasteiger partial charge in [-0.15, -0.1) is 0 Å². The normalized spacial score (nSPS) is 49.7. The molecule has 1 unspecified atom stereocenters. The highest BCUT2D eigenvalue weighted by molar-refractivity contribution is 9.10. The van der Waals surface area contributed by atoms with Crippen molar-refractivity contribution < 1.29 is 4.74 Å². The summed E-state index contributed by atoms with van der Waals surface area (Å²) in [5.74, 6) is 5.71. The third-order valence-electron chi connectivity index (χ3n) is 14.3. The molecule has 0 radical (unpaired) electrons. The molecule has 2 heterocycles. The topological polar surface area (TPSA) is 59.3 Å². The van der Waals surface area contributed by atoms with E-state index >= 15 is 0 Å². The molecule has 1 aromatic carbocycles. The van der Waals surface area contributed by atoms with E-state index in [4.69, 9.17) is 10.5 Å². The predicted octanol–water partition coefficient (Wildman–Crippen LogP) is 7.30. The molecule has 41 heavy (non-hydrogen) atoms. The van der Waals surface area contributed by atoms with Gasteiger partial charge in [-0.25, -0.2) is 0 Å². The molecule has 0 bridgehead atoms. The second-order valence-electron chi connectivity index (χ2n) is 16.3. The van der Waals surface area contributed by atoms with Gasteiger partial charge >= 0.3 is 0 Å². The fourth-order valence-corrected chi connectivity index (χ4v) is 12.4.